The van der Waals surface area contributed by atoms with Gasteiger partial charge >= 0.3 is 0 Å². The van der Waals surface area contributed by atoms with Crippen molar-refractivity contribution in [2.45, 2.75) is 25.8 Å². The first kappa shape index (κ1) is 22.7. The third-order valence-corrected chi connectivity index (χ3v) is 5.46. The number of hydrogen-bond donors (Lipinski definition) is 1. The summed E-state index contributed by atoms with van der Waals surface area (Å²) in [6.07, 6.45) is 2.00. The molecule has 1 aromatic heterocycles. The Hall–Kier alpha value is -1.34. The van der Waals surface area contributed by atoms with Crippen LogP contribution in [0.5, 0.6) is 5.75 Å². The smallest absolute Gasteiger partial charge is 0.273 e. The number of aromatic nitrogens is 1. The lowest BCUT2D eigenvalue weighted by molar-refractivity contribution is 0.0568. The number of ether oxygens (including phenoxy) is 1. The maximum atomic E-state index is 12.8. The Kier molecular flexibility index (Phi) is 8.83. The number of piperidine rings is 1. The van der Waals surface area contributed by atoms with E-state index in [4.69, 9.17) is 10.5 Å². The number of carbonyl (C=O) groups is 1. The van der Waals surface area contributed by atoms with Crippen LogP contribution in [0.4, 0.5) is 0 Å². The van der Waals surface area contributed by atoms with Gasteiger partial charge in [-0.3, -0.25) is 4.79 Å². The van der Waals surface area contributed by atoms with Crippen molar-refractivity contribution in [1.82, 2.24) is 9.88 Å². The van der Waals surface area contributed by atoms with Crippen molar-refractivity contribution in [2.24, 2.45) is 11.7 Å². The number of halogens is 2. The molecule has 8 heteroatoms. The van der Waals surface area contributed by atoms with Gasteiger partial charge in [0.25, 0.3) is 5.91 Å². The van der Waals surface area contributed by atoms with Crippen LogP contribution in [0.3, 0.4) is 0 Å². The Morgan fingerprint density at radius 3 is 2.65 bits per heavy atom. The summed E-state index contributed by atoms with van der Waals surface area (Å²) < 4.78 is 5.17. The summed E-state index contributed by atoms with van der Waals surface area (Å²) >= 11 is 1.49. The van der Waals surface area contributed by atoms with Crippen molar-refractivity contribution in [1.29, 1.82) is 0 Å². The van der Waals surface area contributed by atoms with Gasteiger partial charge in [0.1, 0.15) is 16.5 Å². The molecule has 2 atom stereocenters. The first-order valence-corrected chi connectivity index (χ1v) is 9.11. The number of methoxy groups -OCH3 is 1. The van der Waals surface area contributed by atoms with Gasteiger partial charge in [-0.25, -0.2) is 4.98 Å². The first-order chi connectivity index (χ1) is 11.6. The molecule has 0 saturated carbocycles. The molecule has 2 N–H and O–H groups in total. The largest absolute Gasteiger partial charge is 0.497 e. The summed E-state index contributed by atoms with van der Waals surface area (Å²) in [5, 5.41) is 2.68. The van der Waals surface area contributed by atoms with Crippen LogP contribution in [0.15, 0.2) is 29.6 Å². The van der Waals surface area contributed by atoms with Crippen LogP contribution in [0.2, 0.25) is 0 Å². The topological polar surface area (TPSA) is 68.5 Å². The molecule has 1 aliphatic rings. The molecule has 0 radical (unpaired) electrons. The molecule has 1 fully saturated rings. The second-order valence-corrected chi connectivity index (χ2v) is 7.14. The predicted molar refractivity (Wildman–Crippen MR) is 111 cm³/mol. The van der Waals surface area contributed by atoms with Gasteiger partial charge in [-0.15, -0.1) is 36.2 Å². The van der Waals surface area contributed by atoms with Gasteiger partial charge in [0.2, 0.25) is 0 Å². The highest BCUT2D eigenvalue weighted by Crippen LogP contribution is 2.28. The standard InChI is InChI=1S/C18H23N3O2S.2ClH/c1-12-7-8-21(14(9-12)10-19)18(22)16-11-24-17(20-16)13-3-5-15(23-2)6-4-13;;/h3-6,11-12,14H,7-10,19H2,1-2H3;2*1H. The highest BCUT2D eigenvalue weighted by Gasteiger charge is 2.30. The molecule has 144 valence electrons. The fraction of sp³-hybridized carbons (Fsp3) is 0.444. The lowest BCUT2D eigenvalue weighted by Crippen LogP contribution is -2.49. The van der Waals surface area contributed by atoms with Gasteiger partial charge in [0.05, 0.1) is 7.11 Å². The van der Waals surface area contributed by atoms with E-state index in [1.165, 1.54) is 11.3 Å². The molecular formula is C18H25Cl2N3O2S. The highest BCUT2D eigenvalue weighted by atomic mass is 35.5. The molecule has 0 aliphatic carbocycles. The highest BCUT2D eigenvalue weighted by molar-refractivity contribution is 7.13. The third kappa shape index (κ3) is 4.88. The van der Waals surface area contributed by atoms with E-state index >= 15 is 0 Å². The van der Waals surface area contributed by atoms with E-state index in [0.29, 0.717) is 18.2 Å². The van der Waals surface area contributed by atoms with E-state index in [1.54, 1.807) is 7.11 Å². The number of nitrogens with two attached hydrogens (primary N) is 1. The number of nitrogens with zero attached hydrogens (tertiary/aromatic N) is 2. The van der Waals surface area contributed by atoms with Crippen molar-refractivity contribution in [3.05, 3.63) is 35.3 Å². The second-order valence-electron chi connectivity index (χ2n) is 6.28. The summed E-state index contributed by atoms with van der Waals surface area (Å²) in [4.78, 5) is 19.3. The zero-order valence-corrected chi connectivity index (χ0v) is 17.3. The fourth-order valence-corrected chi connectivity index (χ4v) is 3.93. The van der Waals surface area contributed by atoms with E-state index < -0.39 is 0 Å². The first-order valence-electron chi connectivity index (χ1n) is 8.23. The van der Waals surface area contributed by atoms with Gasteiger partial charge in [-0.1, -0.05) is 6.92 Å². The summed E-state index contributed by atoms with van der Waals surface area (Å²) in [5.74, 6) is 1.42. The van der Waals surface area contributed by atoms with Crippen LogP contribution < -0.4 is 10.5 Å². The number of rotatable bonds is 4. The van der Waals surface area contributed by atoms with Crippen LogP contribution in [0.1, 0.15) is 30.3 Å². The molecule has 5 nitrogen and oxygen atoms in total. The number of likely N-dealkylation sites (tertiary alicyclic amines) is 1. The van der Waals surface area contributed by atoms with Gasteiger partial charge in [-0.05, 0) is 43.0 Å². The maximum Gasteiger partial charge on any atom is 0.273 e. The monoisotopic (exact) mass is 417 g/mol. The molecule has 26 heavy (non-hydrogen) atoms. The van der Waals surface area contributed by atoms with E-state index in [-0.39, 0.29) is 36.8 Å². The molecule has 2 heterocycles. The summed E-state index contributed by atoms with van der Waals surface area (Å²) in [6, 6.07) is 7.82. The van der Waals surface area contributed by atoms with Crippen molar-refractivity contribution >= 4 is 42.1 Å². The lowest BCUT2D eigenvalue weighted by Gasteiger charge is -2.37. The minimum Gasteiger partial charge on any atom is -0.497 e. The molecule has 0 spiro atoms. The lowest BCUT2D eigenvalue weighted by atomic mass is 9.92. The van der Waals surface area contributed by atoms with E-state index in [0.717, 1.165) is 35.7 Å². The van der Waals surface area contributed by atoms with E-state index in [2.05, 4.69) is 11.9 Å². The molecule has 1 aromatic carbocycles. The molecule has 1 saturated heterocycles. The average molecular weight is 418 g/mol. The third-order valence-electron chi connectivity index (χ3n) is 4.57. The molecule has 0 bridgehead atoms. The Balaban J connectivity index is 0.00000169. The maximum absolute atomic E-state index is 12.8. The van der Waals surface area contributed by atoms with E-state index in [9.17, 15) is 4.79 Å². The molecular weight excluding hydrogens is 393 g/mol. The number of thiazole rings is 1. The van der Waals surface area contributed by atoms with Crippen LogP contribution >= 0.6 is 36.2 Å². The summed E-state index contributed by atoms with van der Waals surface area (Å²) in [6.45, 7) is 3.48. The van der Waals surface area contributed by atoms with Crippen LogP contribution in [-0.2, 0) is 0 Å². The van der Waals surface area contributed by atoms with Gasteiger partial charge in [0, 0.05) is 30.1 Å². The van der Waals surface area contributed by atoms with Gasteiger partial charge in [-0.2, -0.15) is 0 Å². The average Bonchev–Trinajstić information content (AvgIpc) is 3.11. The zero-order valence-electron chi connectivity index (χ0n) is 14.9. The summed E-state index contributed by atoms with van der Waals surface area (Å²) in [5.41, 5.74) is 7.37. The molecule has 1 amide bonds. The van der Waals surface area contributed by atoms with Crippen LogP contribution in [-0.4, -0.2) is 42.0 Å². The Morgan fingerprint density at radius 2 is 2.04 bits per heavy atom. The molecule has 3 rings (SSSR count). The minimum absolute atomic E-state index is 0. The normalized spacial score (nSPS) is 19.3. The predicted octanol–water partition coefficient (Wildman–Crippen LogP) is 3.86. The van der Waals surface area contributed by atoms with Gasteiger partial charge < -0.3 is 15.4 Å². The minimum atomic E-state index is -0.00615. The van der Waals surface area contributed by atoms with Crippen molar-refractivity contribution < 1.29 is 9.53 Å². The quantitative estimate of drug-likeness (QED) is 0.819. The Labute approximate surface area is 170 Å². The Bertz CT molecular complexity index is 709. The summed E-state index contributed by atoms with van der Waals surface area (Å²) in [7, 11) is 1.64. The second kappa shape index (κ2) is 10.1. The fourth-order valence-electron chi connectivity index (χ4n) is 3.13. The van der Waals surface area contributed by atoms with Crippen LogP contribution in [0.25, 0.3) is 10.6 Å². The number of carbonyl (C=O) groups excluding carboxylic acids is 1. The molecule has 2 aromatic rings. The Morgan fingerprint density at radius 1 is 1.35 bits per heavy atom. The van der Waals surface area contributed by atoms with Crippen molar-refractivity contribution in [3.63, 3.8) is 0 Å². The van der Waals surface area contributed by atoms with Gasteiger partial charge in [0.15, 0.2) is 0 Å². The molecule has 2 unspecified atom stereocenters. The zero-order chi connectivity index (χ0) is 17.1. The SMILES string of the molecule is COc1ccc(-c2nc(C(=O)N3CCC(C)CC3CN)cs2)cc1.Cl.Cl. The van der Waals surface area contributed by atoms with Crippen molar-refractivity contribution in [3.8, 4) is 16.3 Å². The number of hydrogen-bond acceptors (Lipinski definition) is 5. The number of benzene rings is 1. The number of amides is 1. The van der Waals surface area contributed by atoms with E-state index in [1.807, 2.05) is 34.5 Å². The molecule has 1 aliphatic heterocycles. The van der Waals surface area contributed by atoms with Crippen LogP contribution in [0, 0.1) is 5.92 Å². The van der Waals surface area contributed by atoms with Crippen molar-refractivity contribution in [2.75, 3.05) is 20.2 Å².